The molecule has 0 aliphatic carbocycles. The van der Waals surface area contributed by atoms with Crippen molar-refractivity contribution in [3.63, 3.8) is 0 Å². The van der Waals surface area contributed by atoms with E-state index in [1.165, 1.54) is 50.6 Å². The lowest BCUT2D eigenvalue weighted by Crippen LogP contribution is -2.52. The summed E-state index contributed by atoms with van der Waals surface area (Å²) in [5.41, 5.74) is 0.580. The van der Waals surface area contributed by atoms with E-state index in [2.05, 4.69) is 25.7 Å². The average molecular weight is 313 g/mol. The first-order valence-electron chi connectivity index (χ1n) is 8.54. The second kappa shape index (κ2) is 7.92. The number of ether oxygens (including phenoxy) is 2. The van der Waals surface area contributed by atoms with Gasteiger partial charge in [-0.15, -0.1) is 6.58 Å². The predicted octanol–water partition coefficient (Wildman–Crippen LogP) is 3.47. The molecule has 0 spiro atoms. The third-order valence-corrected chi connectivity index (χ3v) is 12.3. The molecule has 2 aliphatic rings. The molecule has 0 radical (unpaired) electrons. The molecular weight excluding hydrogens is 280 g/mol. The first-order chi connectivity index (χ1) is 9.68. The van der Waals surface area contributed by atoms with Crippen molar-refractivity contribution in [3.8, 4) is 0 Å². The molecule has 0 aromatic heterocycles. The number of hydrogen-bond donors (Lipinski definition) is 0. The highest BCUT2D eigenvalue weighted by molar-refractivity contribution is 6.66. The summed E-state index contributed by atoms with van der Waals surface area (Å²) in [5.74, 6) is 0. The first kappa shape index (κ1) is 16.5. The summed E-state index contributed by atoms with van der Waals surface area (Å²) in [4.78, 5) is 0. The lowest BCUT2D eigenvalue weighted by Gasteiger charge is -2.44. The molecule has 116 valence electrons. The third-order valence-electron chi connectivity index (χ3n) is 5.25. The zero-order valence-electron chi connectivity index (χ0n) is 13.4. The van der Waals surface area contributed by atoms with Crippen molar-refractivity contribution < 1.29 is 9.47 Å². The number of rotatable bonds is 6. The smallest absolute Gasteiger partial charge is 0.0778 e. The second-order valence-corrected chi connectivity index (χ2v) is 13.4. The van der Waals surface area contributed by atoms with Gasteiger partial charge < -0.3 is 9.47 Å². The van der Waals surface area contributed by atoms with Gasteiger partial charge in [-0.2, -0.15) is 0 Å². The van der Waals surface area contributed by atoms with Gasteiger partial charge in [-0.25, -0.2) is 0 Å². The van der Waals surface area contributed by atoms with Crippen molar-refractivity contribution >= 4 is 17.6 Å². The maximum absolute atomic E-state index is 6.40. The summed E-state index contributed by atoms with van der Waals surface area (Å²) in [6.07, 6.45) is 9.99. The zero-order chi connectivity index (χ0) is 14.4. The van der Waals surface area contributed by atoms with Crippen LogP contribution < -0.4 is 0 Å². The molecule has 0 amide bonds. The minimum Gasteiger partial charge on any atom is -0.382 e. The molecule has 2 saturated heterocycles. The van der Waals surface area contributed by atoms with Gasteiger partial charge in [0.15, 0.2) is 0 Å². The molecule has 0 aromatic carbocycles. The summed E-state index contributed by atoms with van der Waals surface area (Å²) in [5, 5.41) is 0.277. The summed E-state index contributed by atoms with van der Waals surface area (Å²) < 4.78 is 12.5. The topological polar surface area (TPSA) is 18.5 Å². The molecule has 2 nitrogen and oxygen atoms in total. The lowest BCUT2D eigenvalue weighted by atomic mass is 10.1. The summed E-state index contributed by atoms with van der Waals surface area (Å²) >= 11 is 0. The van der Waals surface area contributed by atoms with Gasteiger partial charge in [0.05, 0.1) is 22.8 Å². The Morgan fingerprint density at radius 2 is 2.00 bits per heavy atom. The van der Waals surface area contributed by atoms with Gasteiger partial charge in [0.1, 0.15) is 0 Å². The number of hydrogen-bond acceptors (Lipinski definition) is 2. The molecular formula is C16H32O2Si2. The van der Waals surface area contributed by atoms with E-state index in [-0.39, 0.29) is 5.22 Å². The van der Waals surface area contributed by atoms with Crippen molar-refractivity contribution in [2.75, 3.05) is 13.2 Å². The van der Waals surface area contributed by atoms with Crippen molar-refractivity contribution in [1.82, 2.24) is 0 Å². The van der Waals surface area contributed by atoms with Crippen molar-refractivity contribution in [1.29, 1.82) is 0 Å². The van der Waals surface area contributed by atoms with Crippen LogP contribution in [0.1, 0.15) is 38.5 Å². The Kier molecular flexibility index (Phi) is 6.52. The van der Waals surface area contributed by atoms with E-state index in [1.54, 1.807) is 0 Å². The first-order valence-corrected chi connectivity index (χ1v) is 13.7. The van der Waals surface area contributed by atoms with Crippen LogP contribution in [-0.2, 0) is 9.47 Å². The minimum absolute atomic E-state index is 0.277. The van der Waals surface area contributed by atoms with E-state index >= 15 is 0 Å². The fourth-order valence-electron chi connectivity index (χ4n) is 3.89. The van der Waals surface area contributed by atoms with Gasteiger partial charge in [-0.1, -0.05) is 19.2 Å². The highest BCUT2D eigenvalue weighted by atomic mass is 28.3. The maximum Gasteiger partial charge on any atom is 0.0778 e. The second-order valence-electron chi connectivity index (χ2n) is 6.92. The van der Waals surface area contributed by atoms with E-state index in [4.69, 9.17) is 9.47 Å². The largest absolute Gasteiger partial charge is 0.382 e. The quantitative estimate of drug-likeness (QED) is 0.552. The van der Waals surface area contributed by atoms with Crippen LogP contribution in [0.15, 0.2) is 12.7 Å². The Labute approximate surface area is 128 Å². The van der Waals surface area contributed by atoms with Crippen LogP contribution in [0.3, 0.4) is 0 Å². The molecule has 2 heterocycles. The normalized spacial score (nSPS) is 33.0. The van der Waals surface area contributed by atoms with Gasteiger partial charge in [0.25, 0.3) is 0 Å². The van der Waals surface area contributed by atoms with Crippen LogP contribution in [0.4, 0.5) is 0 Å². The Morgan fingerprint density at radius 3 is 2.55 bits per heavy atom. The van der Waals surface area contributed by atoms with Gasteiger partial charge in [0.2, 0.25) is 0 Å². The van der Waals surface area contributed by atoms with Gasteiger partial charge in [0, 0.05) is 18.9 Å². The van der Waals surface area contributed by atoms with E-state index in [0.717, 1.165) is 13.2 Å². The molecule has 20 heavy (non-hydrogen) atoms. The van der Waals surface area contributed by atoms with Crippen molar-refractivity contribution in [3.05, 3.63) is 12.7 Å². The molecule has 0 aromatic rings. The van der Waals surface area contributed by atoms with E-state index in [0.29, 0.717) is 5.73 Å². The Morgan fingerprint density at radius 1 is 1.20 bits per heavy atom. The minimum atomic E-state index is -0.942. The Bertz CT molecular complexity index is 295. The van der Waals surface area contributed by atoms with Crippen LogP contribution >= 0.6 is 0 Å². The van der Waals surface area contributed by atoms with Gasteiger partial charge in [-0.05, 0) is 50.6 Å². The van der Waals surface area contributed by atoms with Crippen LogP contribution in [0.25, 0.3) is 0 Å². The molecule has 0 bridgehead atoms. The Balaban J connectivity index is 2.05. The molecule has 2 rings (SSSR count). The predicted molar refractivity (Wildman–Crippen MR) is 92.0 cm³/mol. The average Bonchev–Trinajstić information content (AvgIpc) is 2.48. The molecule has 0 N–H and O–H groups in total. The highest BCUT2D eigenvalue weighted by Crippen LogP contribution is 2.35. The lowest BCUT2D eigenvalue weighted by molar-refractivity contribution is -0.0122. The van der Waals surface area contributed by atoms with Crippen LogP contribution in [0, 0.1) is 0 Å². The zero-order valence-corrected chi connectivity index (χ0v) is 15.7. The van der Waals surface area contributed by atoms with Crippen molar-refractivity contribution in [2.45, 2.75) is 74.7 Å². The van der Waals surface area contributed by atoms with Crippen LogP contribution in [0.5, 0.6) is 0 Å². The standard InChI is InChI=1S/C16H32O2Si2/c1-4-13-20(15-9-5-7-11-17-15)14-16(19(2)3)10-6-8-12-18-16/h4,15,19-20H,1,5-14H2,2-3H3. The summed E-state index contributed by atoms with van der Waals surface area (Å²) in [6.45, 7) is 10.9. The Hall–Kier alpha value is 0.0938. The van der Waals surface area contributed by atoms with E-state index in [9.17, 15) is 0 Å². The van der Waals surface area contributed by atoms with Crippen LogP contribution in [0.2, 0.25) is 25.2 Å². The fraction of sp³-hybridized carbons (Fsp3) is 0.875. The maximum atomic E-state index is 6.40. The highest BCUT2D eigenvalue weighted by Gasteiger charge is 2.41. The fourth-order valence-corrected chi connectivity index (χ4v) is 11.4. The van der Waals surface area contributed by atoms with Gasteiger partial charge >= 0.3 is 0 Å². The summed E-state index contributed by atoms with van der Waals surface area (Å²) in [7, 11) is -1.74. The van der Waals surface area contributed by atoms with E-state index in [1.807, 2.05) is 0 Å². The van der Waals surface area contributed by atoms with Crippen molar-refractivity contribution in [2.24, 2.45) is 0 Å². The summed E-state index contributed by atoms with van der Waals surface area (Å²) in [6, 6.07) is 2.56. The SMILES string of the molecule is C=CC[SiH](CC1([SiH](C)C)CCCCO1)C1CCCCO1. The molecule has 3 unspecified atom stereocenters. The van der Waals surface area contributed by atoms with Crippen LogP contribution in [-0.4, -0.2) is 41.8 Å². The van der Waals surface area contributed by atoms with E-state index < -0.39 is 17.6 Å². The number of allylic oxidation sites excluding steroid dienone is 1. The molecule has 3 atom stereocenters. The monoisotopic (exact) mass is 312 g/mol. The molecule has 0 saturated carbocycles. The van der Waals surface area contributed by atoms with Gasteiger partial charge in [-0.3, -0.25) is 0 Å². The molecule has 2 aliphatic heterocycles. The molecule has 4 heteroatoms. The third kappa shape index (κ3) is 4.06. The molecule has 2 fully saturated rings.